The number of amides is 1. The van der Waals surface area contributed by atoms with Crippen molar-refractivity contribution in [2.75, 3.05) is 11.9 Å². The van der Waals surface area contributed by atoms with Crippen molar-refractivity contribution < 1.29 is 9.53 Å². The quantitative estimate of drug-likeness (QED) is 0.482. The van der Waals surface area contributed by atoms with Crippen LogP contribution in [0.5, 0.6) is 5.75 Å². The molecular weight excluding hydrogens is 368 g/mol. The fraction of sp³-hybridized carbons (Fsp3) is 0.0435. The minimum Gasteiger partial charge on any atom is -0.481 e. The van der Waals surface area contributed by atoms with Crippen LogP contribution in [0.25, 0.3) is 10.9 Å². The molecule has 0 unspecified atom stereocenters. The predicted molar refractivity (Wildman–Crippen MR) is 113 cm³/mol. The maximum absolute atomic E-state index is 12.5. The third kappa shape index (κ3) is 4.32. The van der Waals surface area contributed by atoms with Gasteiger partial charge in [0, 0.05) is 21.4 Å². The molecule has 1 amide bonds. The fourth-order valence-electron chi connectivity index (χ4n) is 2.80. The highest BCUT2D eigenvalue weighted by Crippen LogP contribution is 2.33. The van der Waals surface area contributed by atoms with E-state index in [1.165, 1.54) is 0 Å². The Bertz CT molecular complexity index is 1090. The number of rotatable bonds is 6. The van der Waals surface area contributed by atoms with E-state index in [2.05, 4.69) is 10.3 Å². The van der Waals surface area contributed by atoms with Crippen molar-refractivity contribution in [3.05, 3.63) is 91.1 Å². The molecule has 4 aromatic rings. The molecule has 1 heterocycles. The molecular formula is C23H18N2O2S. The van der Waals surface area contributed by atoms with Crippen molar-refractivity contribution in [2.45, 2.75) is 9.79 Å². The van der Waals surface area contributed by atoms with Gasteiger partial charge in [-0.3, -0.25) is 9.78 Å². The number of nitrogens with zero attached hydrogens (tertiary/aromatic N) is 1. The number of carbonyl (C=O) groups is 1. The molecule has 1 aromatic heterocycles. The van der Waals surface area contributed by atoms with Crippen LogP contribution in [0.3, 0.4) is 0 Å². The molecule has 0 spiro atoms. The van der Waals surface area contributed by atoms with Gasteiger partial charge in [-0.2, -0.15) is 0 Å². The van der Waals surface area contributed by atoms with Crippen molar-refractivity contribution in [1.29, 1.82) is 0 Å². The van der Waals surface area contributed by atoms with Crippen LogP contribution in [0.1, 0.15) is 0 Å². The molecule has 0 radical (unpaired) electrons. The van der Waals surface area contributed by atoms with Crippen molar-refractivity contribution in [3.63, 3.8) is 0 Å². The van der Waals surface area contributed by atoms with Gasteiger partial charge in [-0.1, -0.05) is 60.3 Å². The van der Waals surface area contributed by atoms with Crippen LogP contribution in [0.2, 0.25) is 0 Å². The molecule has 138 valence electrons. The van der Waals surface area contributed by atoms with Gasteiger partial charge in [0.15, 0.2) is 6.61 Å². The van der Waals surface area contributed by atoms with Gasteiger partial charge in [0.2, 0.25) is 0 Å². The Kier molecular flexibility index (Phi) is 5.54. The molecule has 0 fully saturated rings. The summed E-state index contributed by atoms with van der Waals surface area (Å²) in [5.74, 6) is 0.384. The van der Waals surface area contributed by atoms with E-state index in [0.29, 0.717) is 5.75 Å². The van der Waals surface area contributed by atoms with Gasteiger partial charge in [-0.25, -0.2) is 0 Å². The largest absolute Gasteiger partial charge is 0.481 e. The van der Waals surface area contributed by atoms with Crippen LogP contribution < -0.4 is 10.1 Å². The van der Waals surface area contributed by atoms with Crippen LogP contribution in [-0.4, -0.2) is 17.5 Å². The summed E-state index contributed by atoms with van der Waals surface area (Å²) in [6.45, 7) is -0.0833. The number of carbonyl (C=O) groups excluding carboxylic acids is 1. The molecule has 3 aromatic carbocycles. The Labute approximate surface area is 167 Å². The van der Waals surface area contributed by atoms with Gasteiger partial charge in [0.25, 0.3) is 5.91 Å². The van der Waals surface area contributed by atoms with Gasteiger partial charge in [-0.15, -0.1) is 0 Å². The van der Waals surface area contributed by atoms with Crippen molar-refractivity contribution >= 4 is 34.3 Å². The first kappa shape index (κ1) is 18.1. The van der Waals surface area contributed by atoms with E-state index in [9.17, 15) is 4.79 Å². The summed E-state index contributed by atoms with van der Waals surface area (Å²) in [7, 11) is 0. The minimum absolute atomic E-state index is 0.0833. The molecule has 4 rings (SSSR count). The second-order valence-corrected chi connectivity index (χ2v) is 7.19. The maximum atomic E-state index is 12.5. The lowest BCUT2D eigenvalue weighted by atomic mass is 10.2. The second kappa shape index (κ2) is 8.59. The molecule has 1 N–H and O–H groups in total. The summed E-state index contributed by atoms with van der Waals surface area (Å²) < 4.78 is 5.73. The Morgan fingerprint density at radius 3 is 2.57 bits per heavy atom. The molecule has 0 bridgehead atoms. The number of ether oxygens (including phenoxy) is 1. The van der Waals surface area contributed by atoms with E-state index >= 15 is 0 Å². The molecule has 0 saturated heterocycles. The zero-order valence-electron chi connectivity index (χ0n) is 15.0. The van der Waals surface area contributed by atoms with E-state index < -0.39 is 0 Å². The van der Waals surface area contributed by atoms with Crippen LogP contribution in [0.15, 0.2) is 101 Å². The number of para-hydroxylation sites is 2. The highest BCUT2D eigenvalue weighted by molar-refractivity contribution is 7.99. The van der Waals surface area contributed by atoms with E-state index in [4.69, 9.17) is 4.74 Å². The second-order valence-electron chi connectivity index (χ2n) is 6.08. The zero-order chi connectivity index (χ0) is 19.2. The molecule has 5 heteroatoms. The molecule has 0 saturated carbocycles. The lowest BCUT2D eigenvalue weighted by molar-refractivity contribution is -0.118. The standard InChI is InChI=1S/C23H18N2O2S/c26-22(16-27-20-13-6-8-17-9-7-15-24-23(17)20)25-19-12-4-5-14-21(19)28-18-10-2-1-3-11-18/h1-15H,16H2,(H,25,26). The molecule has 0 aliphatic carbocycles. The van der Waals surface area contributed by atoms with Gasteiger partial charge in [-0.05, 0) is 36.4 Å². The van der Waals surface area contributed by atoms with Gasteiger partial charge < -0.3 is 10.1 Å². The Hall–Kier alpha value is -3.31. The van der Waals surface area contributed by atoms with E-state index in [-0.39, 0.29) is 12.5 Å². The minimum atomic E-state index is -0.214. The molecule has 4 nitrogen and oxygen atoms in total. The highest BCUT2D eigenvalue weighted by atomic mass is 32.2. The average Bonchev–Trinajstić information content (AvgIpc) is 2.74. The molecule has 0 aliphatic heterocycles. The lowest BCUT2D eigenvalue weighted by Gasteiger charge is -2.12. The summed E-state index contributed by atoms with van der Waals surface area (Å²) in [4.78, 5) is 18.9. The van der Waals surface area contributed by atoms with E-state index in [0.717, 1.165) is 26.4 Å². The molecule has 0 aliphatic rings. The number of benzene rings is 3. The lowest BCUT2D eigenvalue weighted by Crippen LogP contribution is -2.20. The van der Waals surface area contributed by atoms with Crippen molar-refractivity contribution in [1.82, 2.24) is 4.98 Å². The SMILES string of the molecule is O=C(COc1cccc2cccnc12)Nc1ccccc1Sc1ccccc1. The first-order valence-electron chi connectivity index (χ1n) is 8.88. The summed E-state index contributed by atoms with van der Waals surface area (Å²) in [5, 5.41) is 3.92. The van der Waals surface area contributed by atoms with Crippen molar-refractivity contribution in [3.8, 4) is 5.75 Å². The third-order valence-electron chi connectivity index (χ3n) is 4.09. The van der Waals surface area contributed by atoms with E-state index in [1.54, 1.807) is 18.0 Å². The normalized spacial score (nSPS) is 10.6. The van der Waals surface area contributed by atoms with Gasteiger partial charge >= 0.3 is 0 Å². The van der Waals surface area contributed by atoms with E-state index in [1.807, 2.05) is 84.9 Å². The average molecular weight is 386 g/mol. The zero-order valence-corrected chi connectivity index (χ0v) is 15.9. The third-order valence-corrected chi connectivity index (χ3v) is 5.17. The maximum Gasteiger partial charge on any atom is 0.262 e. The van der Waals surface area contributed by atoms with Crippen LogP contribution in [0, 0.1) is 0 Å². The topological polar surface area (TPSA) is 51.2 Å². The number of aromatic nitrogens is 1. The Morgan fingerprint density at radius 1 is 0.893 bits per heavy atom. The highest BCUT2D eigenvalue weighted by Gasteiger charge is 2.10. The monoisotopic (exact) mass is 386 g/mol. The summed E-state index contributed by atoms with van der Waals surface area (Å²) in [5.41, 5.74) is 1.51. The van der Waals surface area contributed by atoms with Crippen LogP contribution >= 0.6 is 11.8 Å². The number of nitrogens with one attached hydrogen (secondary N) is 1. The van der Waals surface area contributed by atoms with Crippen molar-refractivity contribution in [2.24, 2.45) is 0 Å². The first-order valence-corrected chi connectivity index (χ1v) is 9.69. The van der Waals surface area contributed by atoms with Gasteiger partial charge in [0.05, 0.1) is 5.69 Å². The smallest absolute Gasteiger partial charge is 0.262 e. The number of hydrogen-bond acceptors (Lipinski definition) is 4. The number of fused-ring (bicyclic) bond motifs is 1. The number of pyridine rings is 1. The van der Waals surface area contributed by atoms with Crippen LogP contribution in [0.4, 0.5) is 5.69 Å². The summed E-state index contributed by atoms with van der Waals surface area (Å²) in [6, 6.07) is 27.3. The summed E-state index contributed by atoms with van der Waals surface area (Å²) in [6.07, 6.45) is 1.71. The fourth-order valence-corrected chi connectivity index (χ4v) is 3.72. The van der Waals surface area contributed by atoms with Gasteiger partial charge in [0.1, 0.15) is 11.3 Å². The predicted octanol–water partition coefficient (Wildman–Crippen LogP) is 5.40. The van der Waals surface area contributed by atoms with Crippen LogP contribution in [-0.2, 0) is 4.79 Å². The molecule has 0 atom stereocenters. The first-order chi connectivity index (χ1) is 13.8. The Balaban J connectivity index is 1.44. The Morgan fingerprint density at radius 2 is 1.68 bits per heavy atom. The number of hydrogen-bond donors (Lipinski definition) is 1. The molecule has 28 heavy (non-hydrogen) atoms. The summed E-state index contributed by atoms with van der Waals surface area (Å²) >= 11 is 1.61. The number of anilines is 1.